The van der Waals surface area contributed by atoms with Crippen LogP contribution >= 0.6 is 24.0 Å². The number of fused-ring (bicyclic) bond motifs is 1. The van der Waals surface area contributed by atoms with Gasteiger partial charge in [0.15, 0.2) is 5.96 Å². The fourth-order valence-corrected chi connectivity index (χ4v) is 3.22. The van der Waals surface area contributed by atoms with Gasteiger partial charge in [-0.1, -0.05) is 30.3 Å². The number of aliphatic imine (C=N–C) groups is 1. The first-order chi connectivity index (χ1) is 12.5. The van der Waals surface area contributed by atoms with Crippen molar-refractivity contribution in [3.8, 4) is 0 Å². The van der Waals surface area contributed by atoms with Gasteiger partial charge in [0.05, 0.1) is 24.0 Å². The Morgan fingerprint density at radius 1 is 1.37 bits per heavy atom. The summed E-state index contributed by atoms with van der Waals surface area (Å²) in [6, 6.07) is 10.2. The number of rotatable bonds is 5. The van der Waals surface area contributed by atoms with Crippen LogP contribution in [0.15, 0.2) is 41.5 Å². The van der Waals surface area contributed by atoms with E-state index < -0.39 is 5.91 Å². The van der Waals surface area contributed by atoms with E-state index in [1.54, 1.807) is 6.20 Å². The number of aromatic nitrogens is 2. The van der Waals surface area contributed by atoms with Gasteiger partial charge < -0.3 is 16.0 Å². The van der Waals surface area contributed by atoms with Crippen LogP contribution in [0.2, 0.25) is 0 Å². The highest BCUT2D eigenvalue weighted by atomic mass is 127. The van der Waals surface area contributed by atoms with Crippen LogP contribution in [0.1, 0.15) is 28.0 Å². The molecule has 0 saturated carbocycles. The number of hydrogen-bond donors (Lipinski definition) is 2. The van der Waals surface area contributed by atoms with Gasteiger partial charge in [-0.3, -0.25) is 9.48 Å². The lowest BCUT2D eigenvalue weighted by Gasteiger charge is -2.26. The summed E-state index contributed by atoms with van der Waals surface area (Å²) in [4.78, 5) is 18.2. The lowest BCUT2D eigenvalue weighted by Crippen LogP contribution is -2.40. The average Bonchev–Trinajstić information content (AvgIpc) is 3.05. The number of carbonyl (C=O) groups is 1. The molecule has 0 bridgehead atoms. The van der Waals surface area contributed by atoms with Crippen LogP contribution in [-0.2, 0) is 19.5 Å². The molecule has 7 nitrogen and oxygen atoms in total. The molecular formula is C19H27IN6O. The van der Waals surface area contributed by atoms with Crippen LogP contribution in [0.25, 0.3) is 0 Å². The second-order valence-electron chi connectivity index (χ2n) is 6.85. The Balaban J connectivity index is 0.00000261. The van der Waals surface area contributed by atoms with Crippen LogP contribution in [0.3, 0.4) is 0 Å². The van der Waals surface area contributed by atoms with Crippen molar-refractivity contribution in [2.24, 2.45) is 16.6 Å². The van der Waals surface area contributed by atoms with Crippen molar-refractivity contribution in [2.45, 2.75) is 25.9 Å². The van der Waals surface area contributed by atoms with Gasteiger partial charge in [0.1, 0.15) is 0 Å². The molecule has 0 radical (unpaired) electrons. The van der Waals surface area contributed by atoms with Crippen LogP contribution < -0.4 is 11.1 Å². The van der Waals surface area contributed by atoms with Gasteiger partial charge in [-0.05, 0) is 24.3 Å². The van der Waals surface area contributed by atoms with E-state index >= 15 is 0 Å². The van der Waals surface area contributed by atoms with E-state index in [4.69, 9.17) is 10.7 Å². The van der Waals surface area contributed by atoms with E-state index in [9.17, 15) is 4.79 Å². The topological polar surface area (TPSA) is 88.5 Å². The SMILES string of the molecule is CN(C)C(=NCc1ccccc1)NCC1CCn2ncc(C(N)=O)c2C1.I. The van der Waals surface area contributed by atoms with E-state index in [0.29, 0.717) is 18.0 Å². The molecule has 3 N–H and O–H groups in total. The second-order valence-corrected chi connectivity index (χ2v) is 6.85. The Hall–Kier alpha value is -2.10. The predicted octanol–water partition coefficient (Wildman–Crippen LogP) is 1.87. The van der Waals surface area contributed by atoms with Crippen LogP contribution in [0.5, 0.6) is 0 Å². The predicted molar refractivity (Wildman–Crippen MR) is 117 cm³/mol. The zero-order valence-corrected chi connectivity index (χ0v) is 18.1. The molecule has 1 amide bonds. The third kappa shape index (κ3) is 5.44. The molecular weight excluding hydrogens is 455 g/mol. The number of aryl methyl sites for hydroxylation is 1. The van der Waals surface area contributed by atoms with Crippen LogP contribution in [0.4, 0.5) is 0 Å². The Labute approximate surface area is 177 Å². The molecule has 1 unspecified atom stereocenters. The van der Waals surface area contributed by atoms with Crippen molar-refractivity contribution in [2.75, 3.05) is 20.6 Å². The number of nitrogens with one attached hydrogen (secondary N) is 1. The molecule has 2 heterocycles. The van der Waals surface area contributed by atoms with Gasteiger partial charge in [0.25, 0.3) is 5.91 Å². The first kappa shape index (κ1) is 21.2. The maximum absolute atomic E-state index is 11.5. The normalized spacial score (nSPS) is 16.2. The maximum atomic E-state index is 11.5. The molecule has 1 aromatic heterocycles. The molecule has 8 heteroatoms. The van der Waals surface area contributed by atoms with E-state index in [2.05, 4.69) is 22.5 Å². The van der Waals surface area contributed by atoms with Gasteiger partial charge in [-0.25, -0.2) is 4.99 Å². The minimum Gasteiger partial charge on any atom is -0.365 e. The molecule has 0 aliphatic carbocycles. The zero-order chi connectivity index (χ0) is 18.5. The van der Waals surface area contributed by atoms with Gasteiger partial charge in [-0.2, -0.15) is 5.10 Å². The van der Waals surface area contributed by atoms with Gasteiger partial charge in [-0.15, -0.1) is 24.0 Å². The van der Waals surface area contributed by atoms with Gasteiger partial charge in [0.2, 0.25) is 0 Å². The number of halogens is 1. The molecule has 1 aliphatic heterocycles. The highest BCUT2D eigenvalue weighted by Gasteiger charge is 2.24. The van der Waals surface area contributed by atoms with Crippen molar-refractivity contribution in [3.63, 3.8) is 0 Å². The number of carbonyl (C=O) groups excluding carboxylic acids is 1. The quantitative estimate of drug-likeness (QED) is 0.387. The minimum absolute atomic E-state index is 0. The summed E-state index contributed by atoms with van der Waals surface area (Å²) in [5.74, 6) is 0.875. The number of primary amides is 1. The molecule has 0 fully saturated rings. The average molecular weight is 482 g/mol. The third-order valence-corrected chi connectivity index (χ3v) is 4.67. The molecule has 1 atom stereocenters. The summed E-state index contributed by atoms with van der Waals surface area (Å²) < 4.78 is 1.90. The summed E-state index contributed by atoms with van der Waals surface area (Å²) in [5, 5.41) is 7.72. The summed E-state index contributed by atoms with van der Waals surface area (Å²) in [6.07, 6.45) is 3.39. The van der Waals surface area contributed by atoms with Gasteiger partial charge in [0, 0.05) is 27.2 Å². The lowest BCUT2D eigenvalue weighted by molar-refractivity contribution is 0.0998. The Morgan fingerprint density at radius 2 is 2.11 bits per heavy atom. The number of amides is 1. The van der Waals surface area contributed by atoms with E-state index in [-0.39, 0.29) is 24.0 Å². The van der Waals surface area contributed by atoms with Crippen molar-refractivity contribution in [3.05, 3.63) is 53.3 Å². The second kappa shape index (κ2) is 9.72. The number of benzene rings is 1. The molecule has 2 aromatic rings. The standard InChI is InChI=1S/C19H26N6O.HI/c1-24(2)19(21-11-14-6-4-3-5-7-14)22-12-15-8-9-25-17(10-15)16(13-23-25)18(20)26;/h3-7,13,15H,8-12H2,1-2H3,(H2,20,26)(H,21,22);1H. The molecule has 1 aliphatic rings. The van der Waals surface area contributed by atoms with Crippen molar-refractivity contribution >= 4 is 35.8 Å². The third-order valence-electron chi connectivity index (χ3n) is 4.67. The lowest BCUT2D eigenvalue weighted by atomic mass is 9.94. The minimum atomic E-state index is -0.404. The van der Waals surface area contributed by atoms with Crippen molar-refractivity contribution < 1.29 is 4.79 Å². The summed E-state index contributed by atoms with van der Waals surface area (Å²) in [6.45, 7) is 2.26. The smallest absolute Gasteiger partial charge is 0.252 e. The highest BCUT2D eigenvalue weighted by Crippen LogP contribution is 2.22. The number of nitrogens with zero attached hydrogens (tertiary/aromatic N) is 4. The molecule has 0 spiro atoms. The Morgan fingerprint density at radius 3 is 2.78 bits per heavy atom. The summed E-state index contributed by atoms with van der Waals surface area (Å²) in [5.41, 5.74) is 8.12. The summed E-state index contributed by atoms with van der Waals surface area (Å²) in [7, 11) is 3.97. The first-order valence-corrected chi connectivity index (χ1v) is 8.88. The molecule has 1 aromatic carbocycles. The molecule has 27 heavy (non-hydrogen) atoms. The fourth-order valence-electron chi connectivity index (χ4n) is 3.22. The van der Waals surface area contributed by atoms with E-state index in [1.165, 1.54) is 5.56 Å². The largest absolute Gasteiger partial charge is 0.365 e. The van der Waals surface area contributed by atoms with E-state index in [0.717, 1.165) is 37.6 Å². The molecule has 3 rings (SSSR count). The Bertz CT molecular complexity index is 787. The number of guanidine groups is 1. The monoisotopic (exact) mass is 482 g/mol. The first-order valence-electron chi connectivity index (χ1n) is 8.88. The number of hydrogen-bond acceptors (Lipinski definition) is 3. The van der Waals surface area contributed by atoms with Crippen LogP contribution in [0, 0.1) is 5.92 Å². The van der Waals surface area contributed by atoms with Crippen LogP contribution in [-0.4, -0.2) is 47.2 Å². The van der Waals surface area contributed by atoms with Crippen molar-refractivity contribution in [1.29, 1.82) is 0 Å². The molecule has 0 saturated heterocycles. The molecule has 146 valence electrons. The maximum Gasteiger partial charge on any atom is 0.252 e. The fraction of sp³-hybridized carbons (Fsp3) is 0.421. The highest BCUT2D eigenvalue weighted by molar-refractivity contribution is 14.0. The Kier molecular flexibility index (Phi) is 7.64. The zero-order valence-electron chi connectivity index (χ0n) is 15.8. The summed E-state index contributed by atoms with van der Waals surface area (Å²) >= 11 is 0. The van der Waals surface area contributed by atoms with Gasteiger partial charge >= 0.3 is 0 Å². The van der Waals surface area contributed by atoms with Crippen molar-refractivity contribution in [1.82, 2.24) is 20.0 Å². The number of nitrogens with two attached hydrogens (primary N) is 1. The van der Waals surface area contributed by atoms with E-state index in [1.807, 2.05) is 41.9 Å².